The van der Waals surface area contributed by atoms with Crippen molar-refractivity contribution in [2.45, 2.75) is 13.8 Å². The second-order valence-corrected chi connectivity index (χ2v) is 6.67. The lowest BCUT2D eigenvalue weighted by molar-refractivity contribution is -0.114. The Kier molecular flexibility index (Phi) is 4.31. The van der Waals surface area contributed by atoms with Crippen LogP contribution in [0.5, 0.6) is 0 Å². The van der Waals surface area contributed by atoms with Gasteiger partial charge in [0.05, 0.1) is 29.6 Å². The monoisotopic (exact) mass is 340 g/mol. The van der Waals surface area contributed by atoms with E-state index < -0.39 is 5.97 Å². The fourth-order valence-corrected chi connectivity index (χ4v) is 3.21. The highest BCUT2D eigenvalue weighted by Gasteiger charge is 2.28. The highest BCUT2D eigenvalue weighted by Crippen LogP contribution is 2.27. The summed E-state index contributed by atoms with van der Waals surface area (Å²) in [6.45, 7) is 3.84. The summed E-state index contributed by atoms with van der Waals surface area (Å²) in [4.78, 5) is 26.4. The van der Waals surface area contributed by atoms with E-state index in [9.17, 15) is 9.59 Å². The Hall–Kier alpha value is -2.73. The van der Waals surface area contributed by atoms with E-state index in [4.69, 9.17) is 0 Å². The molecule has 0 bridgehead atoms. The van der Waals surface area contributed by atoms with Gasteiger partial charge in [-0.05, 0) is 56.3 Å². The van der Waals surface area contributed by atoms with Crippen molar-refractivity contribution in [1.29, 1.82) is 0 Å². The molecule has 5 nitrogen and oxygen atoms in total. The van der Waals surface area contributed by atoms with Crippen LogP contribution in [0, 0.1) is 6.92 Å². The maximum atomic E-state index is 12.7. The number of hydrazone groups is 1. The second kappa shape index (κ2) is 6.41. The molecule has 0 radical (unpaired) electrons. The minimum atomic E-state index is -0.414. The number of hydrogen-bond donors (Lipinski definition) is 0. The lowest BCUT2D eigenvalue weighted by Gasteiger charge is -2.12. The number of aryl methyl sites for hydroxylation is 1. The van der Waals surface area contributed by atoms with E-state index in [1.165, 1.54) is 17.0 Å². The molecule has 1 aliphatic rings. The fraction of sp³-hybridized carbons (Fsp3) is 0.167. The molecule has 1 amide bonds. The summed E-state index contributed by atoms with van der Waals surface area (Å²) < 4.78 is 4.67. The summed E-state index contributed by atoms with van der Waals surface area (Å²) in [5, 5.41) is 5.69. The molecular formula is C18H16N2O3S. The molecule has 0 fully saturated rings. The van der Waals surface area contributed by atoms with Crippen LogP contribution in [-0.4, -0.2) is 24.7 Å². The third-order valence-electron chi connectivity index (χ3n) is 3.64. The Balaban J connectivity index is 1.87. The molecular weight excluding hydrogens is 324 g/mol. The molecule has 1 aliphatic heterocycles. The van der Waals surface area contributed by atoms with Crippen LogP contribution in [0.1, 0.15) is 27.0 Å². The zero-order valence-electron chi connectivity index (χ0n) is 13.6. The Morgan fingerprint density at radius 1 is 1.17 bits per heavy atom. The van der Waals surface area contributed by atoms with Gasteiger partial charge in [0, 0.05) is 9.75 Å². The molecule has 122 valence electrons. The standard InChI is InChI=1S/C18H16N2O3S/c1-11-4-9-15(24-11)10-16-12(2)19-20(17(16)21)14-7-5-13(6-8-14)18(22)23-3/h4-10H,1-3H3. The summed E-state index contributed by atoms with van der Waals surface area (Å²) in [6, 6.07) is 10.6. The largest absolute Gasteiger partial charge is 0.465 e. The topological polar surface area (TPSA) is 59.0 Å². The zero-order valence-corrected chi connectivity index (χ0v) is 14.4. The van der Waals surface area contributed by atoms with E-state index in [2.05, 4.69) is 9.84 Å². The fourth-order valence-electron chi connectivity index (χ4n) is 2.39. The first-order chi connectivity index (χ1) is 11.5. The van der Waals surface area contributed by atoms with Gasteiger partial charge in [-0.25, -0.2) is 4.79 Å². The summed E-state index contributed by atoms with van der Waals surface area (Å²) in [7, 11) is 1.33. The van der Waals surface area contributed by atoms with E-state index in [1.54, 1.807) is 35.6 Å². The molecule has 0 atom stereocenters. The van der Waals surface area contributed by atoms with Gasteiger partial charge >= 0.3 is 5.97 Å². The van der Waals surface area contributed by atoms with Crippen molar-refractivity contribution in [2.75, 3.05) is 12.1 Å². The maximum Gasteiger partial charge on any atom is 0.337 e. The molecule has 0 saturated carbocycles. The first-order valence-corrected chi connectivity index (χ1v) is 8.18. The lowest BCUT2D eigenvalue weighted by atomic mass is 10.1. The molecule has 2 heterocycles. The number of carbonyl (C=O) groups excluding carboxylic acids is 2. The highest BCUT2D eigenvalue weighted by atomic mass is 32.1. The first kappa shape index (κ1) is 16.1. The van der Waals surface area contributed by atoms with Crippen LogP contribution in [0.25, 0.3) is 6.08 Å². The third-order valence-corrected chi connectivity index (χ3v) is 4.59. The van der Waals surface area contributed by atoms with Crippen molar-refractivity contribution in [3.05, 3.63) is 57.3 Å². The SMILES string of the molecule is COC(=O)c1ccc(N2N=C(C)C(=Cc3ccc(C)s3)C2=O)cc1. The third kappa shape index (κ3) is 3.00. The number of hydrogen-bond acceptors (Lipinski definition) is 5. The van der Waals surface area contributed by atoms with Crippen LogP contribution >= 0.6 is 11.3 Å². The second-order valence-electron chi connectivity index (χ2n) is 5.35. The molecule has 1 aromatic carbocycles. The number of anilines is 1. The van der Waals surface area contributed by atoms with Gasteiger partial charge in [-0.3, -0.25) is 4.79 Å². The van der Waals surface area contributed by atoms with Crippen LogP contribution in [0.15, 0.2) is 47.1 Å². The van der Waals surface area contributed by atoms with Crippen molar-refractivity contribution in [1.82, 2.24) is 0 Å². The number of esters is 1. The molecule has 3 rings (SSSR count). The van der Waals surface area contributed by atoms with Gasteiger partial charge in [0.15, 0.2) is 0 Å². The summed E-state index contributed by atoms with van der Waals surface area (Å²) >= 11 is 1.63. The van der Waals surface area contributed by atoms with Gasteiger partial charge < -0.3 is 4.74 Å². The molecule has 0 saturated heterocycles. The minimum Gasteiger partial charge on any atom is -0.465 e. The lowest BCUT2D eigenvalue weighted by Crippen LogP contribution is -2.21. The average molecular weight is 340 g/mol. The Labute approximate surface area is 143 Å². The van der Waals surface area contributed by atoms with Crippen molar-refractivity contribution in [3.63, 3.8) is 0 Å². The number of ether oxygens (including phenoxy) is 1. The van der Waals surface area contributed by atoms with Crippen molar-refractivity contribution < 1.29 is 14.3 Å². The minimum absolute atomic E-state index is 0.177. The van der Waals surface area contributed by atoms with Crippen molar-refractivity contribution in [3.8, 4) is 0 Å². The number of carbonyl (C=O) groups is 2. The number of rotatable bonds is 3. The van der Waals surface area contributed by atoms with Crippen LogP contribution in [0.4, 0.5) is 5.69 Å². The molecule has 0 aliphatic carbocycles. The van der Waals surface area contributed by atoms with Crippen LogP contribution < -0.4 is 5.01 Å². The van der Waals surface area contributed by atoms with E-state index >= 15 is 0 Å². The number of methoxy groups -OCH3 is 1. The van der Waals surface area contributed by atoms with Gasteiger partial charge in [0.2, 0.25) is 0 Å². The summed E-state index contributed by atoms with van der Waals surface area (Å²) in [5.41, 5.74) is 2.29. The molecule has 0 N–H and O–H groups in total. The predicted octanol–water partition coefficient (Wildman–Crippen LogP) is 3.65. The first-order valence-electron chi connectivity index (χ1n) is 7.36. The van der Waals surface area contributed by atoms with Gasteiger partial charge in [-0.2, -0.15) is 10.1 Å². The van der Waals surface area contributed by atoms with Crippen molar-refractivity contribution in [2.24, 2.45) is 5.10 Å². The average Bonchev–Trinajstić information content (AvgIpc) is 3.12. The summed E-state index contributed by atoms with van der Waals surface area (Å²) in [6.07, 6.45) is 1.86. The van der Waals surface area contributed by atoms with E-state index in [-0.39, 0.29) is 5.91 Å². The van der Waals surface area contributed by atoms with Gasteiger partial charge in [0.1, 0.15) is 0 Å². The van der Waals surface area contributed by atoms with Crippen molar-refractivity contribution >= 4 is 40.7 Å². The van der Waals surface area contributed by atoms with E-state index in [0.717, 1.165) is 4.88 Å². The molecule has 6 heteroatoms. The number of amides is 1. The van der Waals surface area contributed by atoms with E-state index in [1.807, 2.05) is 32.1 Å². The van der Waals surface area contributed by atoms with Gasteiger partial charge in [0.25, 0.3) is 5.91 Å². The van der Waals surface area contributed by atoms with Gasteiger partial charge in [-0.15, -0.1) is 11.3 Å². The molecule has 0 unspecified atom stereocenters. The van der Waals surface area contributed by atoms with Crippen LogP contribution in [-0.2, 0) is 9.53 Å². The molecule has 2 aromatic rings. The highest BCUT2D eigenvalue weighted by molar-refractivity contribution is 7.12. The van der Waals surface area contributed by atoms with Crippen LogP contribution in [0.2, 0.25) is 0 Å². The number of nitrogens with zero attached hydrogens (tertiary/aromatic N) is 2. The Bertz CT molecular complexity index is 863. The maximum absolute atomic E-state index is 12.7. The smallest absolute Gasteiger partial charge is 0.337 e. The number of thiophene rings is 1. The van der Waals surface area contributed by atoms with E-state index in [0.29, 0.717) is 22.5 Å². The molecule has 0 spiro atoms. The Morgan fingerprint density at radius 3 is 2.46 bits per heavy atom. The molecule has 1 aromatic heterocycles. The molecule has 24 heavy (non-hydrogen) atoms. The van der Waals surface area contributed by atoms with Gasteiger partial charge in [-0.1, -0.05) is 0 Å². The summed E-state index contributed by atoms with van der Waals surface area (Å²) in [5.74, 6) is -0.591. The predicted molar refractivity (Wildman–Crippen MR) is 95.4 cm³/mol. The zero-order chi connectivity index (χ0) is 17.3. The van der Waals surface area contributed by atoms with Crippen LogP contribution in [0.3, 0.4) is 0 Å². The normalized spacial score (nSPS) is 15.8. The number of benzene rings is 1. The quantitative estimate of drug-likeness (QED) is 0.633. The Morgan fingerprint density at radius 2 is 1.88 bits per heavy atom.